The standard InChI is InChI=1S/C6H6N2O2S/c1-11-9-4-5-3-8-6(2-7)10-5/h3H,4H2,1H3. The van der Waals surface area contributed by atoms with E-state index in [1.807, 2.05) is 6.26 Å². The Kier molecular flexibility index (Phi) is 2.95. The lowest BCUT2D eigenvalue weighted by Crippen LogP contribution is -1.79. The lowest BCUT2D eigenvalue weighted by atomic mass is 10.6. The fourth-order valence-electron chi connectivity index (χ4n) is 0.543. The van der Waals surface area contributed by atoms with Gasteiger partial charge >= 0.3 is 5.89 Å². The minimum Gasteiger partial charge on any atom is -0.431 e. The molecule has 0 unspecified atom stereocenters. The van der Waals surface area contributed by atoms with Gasteiger partial charge in [-0.1, -0.05) is 0 Å². The van der Waals surface area contributed by atoms with Crippen molar-refractivity contribution in [3.63, 3.8) is 0 Å². The van der Waals surface area contributed by atoms with Gasteiger partial charge in [-0.3, -0.25) is 0 Å². The highest BCUT2D eigenvalue weighted by Gasteiger charge is 2.01. The fourth-order valence-corrected chi connectivity index (χ4v) is 0.777. The molecule has 0 aliphatic carbocycles. The SMILES string of the molecule is CSOCc1cnc(C#N)o1. The van der Waals surface area contributed by atoms with Crippen LogP contribution in [0.1, 0.15) is 11.7 Å². The summed E-state index contributed by atoms with van der Waals surface area (Å²) in [6.07, 6.45) is 3.29. The molecule has 1 aromatic rings. The van der Waals surface area contributed by atoms with Crippen LogP contribution in [0.4, 0.5) is 0 Å². The summed E-state index contributed by atoms with van der Waals surface area (Å²) in [7, 11) is 0. The van der Waals surface area contributed by atoms with E-state index >= 15 is 0 Å². The highest BCUT2D eigenvalue weighted by Crippen LogP contribution is 2.07. The maximum absolute atomic E-state index is 8.32. The summed E-state index contributed by atoms with van der Waals surface area (Å²) < 4.78 is 9.88. The van der Waals surface area contributed by atoms with Gasteiger partial charge in [-0.15, -0.1) is 0 Å². The van der Waals surface area contributed by atoms with E-state index in [1.54, 1.807) is 6.07 Å². The molecule has 1 heterocycles. The van der Waals surface area contributed by atoms with E-state index in [0.29, 0.717) is 12.4 Å². The first kappa shape index (κ1) is 8.11. The molecule has 1 aromatic heterocycles. The molecule has 0 aromatic carbocycles. The number of oxazole rings is 1. The smallest absolute Gasteiger partial charge is 0.300 e. The topological polar surface area (TPSA) is 59.0 Å². The minimum absolute atomic E-state index is 0.0738. The van der Waals surface area contributed by atoms with Gasteiger partial charge in [0.15, 0.2) is 11.8 Å². The molecule has 1 rings (SSSR count). The lowest BCUT2D eigenvalue weighted by Gasteiger charge is -1.91. The van der Waals surface area contributed by atoms with Crippen LogP contribution in [-0.4, -0.2) is 11.2 Å². The van der Waals surface area contributed by atoms with Crippen LogP contribution in [0.5, 0.6) is 0 Å². The Morgan fingerprint density at radius 3 is 3.27 bits per heavy atom. The molecule has 0 aliphatic rings. The number of rotatable bonds is 3. The summed E-state index contributed by atoms with van der Waals surface area (Å²) in [6, 6.07) is 1.78. The number of nitriles is 1. The molecular weight excluding hydrogens is 164 g/mol. The Hall–Kier alpha value is -0.990. The van der Waals surface area contributed by atoms with Gasteiger partial charge in [0, 0.05) is 6.26 Å². The Bertz CT molecular complexity index is 266. The van der Waals surface area contributed by atoms with Crippen LogP contribution < -0.4 is 0 Å². The van der Waals surface area contributed by atoms with Gasteiger partial charge in [-0.25, -0.2) is 4.98 Å². The van der Waals surface area contributed by atoms with Crippen molar-refractivity contribution in [2.45, 2.75) is 6.61 Å². The number of hydrogen-bond donors (Lipinski definition) is 0. The normalized spacial score (nSPS) is 9.45. The molecule has 4 nitrogen and oxygen atoms in total. The van der Waals surface area contributed by atoms with Gasteiger partial charge in [-0.05, 0) is 12.0 Å². The van der Waals surface area contributed by atoms with Crippen LogP contribution in [0.2, 0.25) is 0 Å². The Morgan fingerprint density at radius 1 is 1.91 bits per heavy atom. The van der Waals surface area contributed by atoms with Crippen LogP contribution in [0.25, 0.3) is 0 Å². The first-order chi connectivity index (χ1) is 5.36. The first-order valence-corrected chi connectivity index (χ1v) is 4.02. The van der Waals surface area contributed by atoms with E-state index in [2.05, 4.69) is 4.98 Å². The zero-order valence-corrected chi connectivity index (χ0v) is 6.72. The largest absolute Gasteiger partial charge is 0.431 e. The summed E-state index contributed by atoms with van der Waals surface area (Å²) >= 11 is 1.24. The lowest BCUT2D eigenvalue weighted by molar-refractivity contribution is 0.313. The molecule has 0 atom stereocenters. The maximum Gasteiger partial charge on any atom is 0.300 e. The second kappa shape index (κ2) is 4.01. The summed E-state index contributed by atoms with van der Waals surface area (Å²) in [4.78, 5) is 3.67. The van der Waals surface area contributed by atoms with E-state index in [-0.39, 0.29) is 5.89 Å². The summed E-state index contributed by atoms with van der Waals surface area (Å²) in [5.74, 6) is 0.639. The van der Waals surface area contributed by atoms with Gasteiger partial charge in [-0.2, -0.15) is 5.26 Å². The van der Waals surface area contributed by atoms with Crippen LogP contribution in [0, 0.1) is 11.3 Å². The van der Waals surface area contributed by atoms with Crippen LogP contribution in [0.3, 0.4) is 0 Å². The number of aromatic nitrogens is 1. The van der Waals surface area contributed by atoms with E-state index in [0.717, 1.165) is 0 Å². The zero-order valence-electron chi connectivity index (χ0n) is 5.90. The Morgan fingerprint density at radius 2 is 2.73 bits per heavy atom. The van der Waals surface area contributed by atoms with Crippen molar-refractivity contribution in [2.24, 2.45) is 0 Å². The van der Waals surface area contributed by atoms with Gasteiger partial charge in [0.2, 0.25) is 0 Å². The highest BCUT2D eigenvalue weighted by molar-refractivity contribution is 7.93. The number of hydrogen-bond acceptors (Lipinski definition) is 5. The second-order valence-corrected chi connectivity index (χ2v) is 2.24. The van der Waals surface area contributed by atoms with E-state index < -0.39 is 0 Å². The predicted molar refractivity (Wildman–Crippen MR) is 39.5 cm³/mol. The molecule has 0 bridgehead atoms. The van der Waals surface area contributed by atoms with Gasteiger partial charge in [0.1, 0.15) is 6.61 Å². The molecule has 0 saturated heterocycles. The molecule has 11 heavy (non-hydrogen) atoms. The average Bonchev–Trinajstić information content (AvgIpc) is 2.48. The Balaban J connectivity index is 2.53. The minimum atomic E-state index is 0.0738. The van der Waals surface area contributed by atoms with Gasteiger partial charge in [0.25, 0.3) is 0 Å². The third-order valence-electron chi connectivity index (χ3n) is 0.968. The number of nitrogens with zero attached hydrogens (tertiary/aromatic N) is 2. The summed E-state index contributed by atoms with van der Waals surface area (Å²) in [6.45, 7) is 0.343. The molecule has 0 saturated carbocycles. The molecule has 0 spiro atoms. The van der Waals surface area contributed by atoms with E-state index in [1.165, 1.54) is 18.2 Å². The van der Waals surface area contributed by atoms with Crippen LogP contribution in [0.15, 0.2) is 10.6 Å². The highest BCUT2D eigenvalue weighted by atomic mass is 32.2. The predicted octanol–water partition coefficient (Wildman–Crippen LogP) is 1.34. The van der Waals surface area contributed by atoms with Gasteiger partial charge < -0.3 is 8.60 Å². The third kappa shape index (κ3) is 2.26. The molecular formula is C6H6N2O2S. The van der Waals surface area contributed by atoms with Crippen LogP contribution >= 0.6 is 12.0 Å². The molecule has 0 radical (unpaired) electrons. The summed E-state index contributed by atoms with van der Waals surface area (Å²) in [5.41, 5.74) is 0. The van der Waals surface area contributed by atoms with Crippen molar-refractivity contribution in [2.75, 3.05) is 6.26 Å². The van der Waals surface area contributed by atoms with Gasteiger partial charge in [0.05, 0.1) is 6.20 Å². The van der Waals surface area contributed by atoms with Crippen molar-refractivity contribution in [1.82, 2.24) is 4.98 Å². The van der Waals surface area contributed by atoms with E-state index in [9.17, 15) is 0 Å². The van der Waals surface area contributed by atoms with Crippen molar-refractivity contribution < 1.29 is 8.60 Å². The average molecular weight is 170 g/mol. The first-order valence-electron chi connectivity index (χ1n) is 2.87. The molecule has 5 heteroatoms. The third-order valence-corrected chi connectivity index (χ3v) is 1.32. The quantitative estimate of drug-likeness (QED) is 0.640. The van der Waals surface area contributed by atoms with Crippen LogP contribution in [-0.2, 0) is 10.8 Å². The molecule has 0 amide bonds. The summed E-state index contributed by atoms with van der Waals surface area (Å²) in [5, 5.41) is 8.32. The Labute approximate surface area is 68.4 Å². The monoisotopic (exact) mass is 170 g/mol. The molecule has 0 aliphatic heterocycles. The van der Waals surface area contributed by atoms with Crippen molar-refractivity contribution in [1.29, 1.82) is 5.26 Å². The molecule has 0 fully saturated rings. The second-order valence-electron chi connectivity index (χ2n) is 1.67. The molecule has 58 valence electrons. The molecule has 0 N–H and O–H groups in total. The maximum atomic E-state index is 8.32. The van der Waals surface area contributed by atoms with Crippen molar-refractivity contribution >= 4 is 12.0 Å². The fraction of sp³-hybridized carbons (Fsp3) is 0.333. The van der Waals surface area contributed by atoms with Crippen molar-refractivity contribution in [3.8, 4) is 6.07 Å². The van der Waals surface area contributed by atoms with Crippen molar-refractivity contribution in [3.05, 3.63) is 17.8 Å². The van der Waals surface area contributed by atoms with E-state index in [4.69, 9.17) is 13.9 Å². The zero-order chi connectivity index (χ0) is 8.10.